The van der Waals surface area contributed by atoms with Gasteiger partial charge in [0.1, 0.15) is 17.2 Å². The van der Waals surface area contributed by atoms with Crippen molar-refractivity contribution in [2.45, 2.75) is 0 Å². The lowest BCUT2D eigenvalue weighted by Crippen LogP contribution is -2.12. The highest BCUT2D eigenvalue weighted by molar-refractivity contribution is 6.04. The standard InChI is InChI=1S/C15H10F2N2O2/c16-9-1-3-12(11(17)7-9)19-15(20)14-6-8-5-10(18)2-4-13(8)21-14/h1-7H,18H2,(H,19,20). The van der Waals surface area contributed by atoms with Crippen LogP contribution in [0.25, 0.3) is 11.0 Å². The summed E-state index contributed by atoms with van der Waals surface area (Å²) in [5.74, 6) is -2.19. The van der Waals surface area contributed by atoms with Crippen molar-refractivity contribution in [3.8, 4) is 0 Å². The zero-order chi connectivity index (χ0) is 15.0. The van der Waals surface area contributed by atoms with Gasteiger partial charge in [-0.15, -0.1) is 0 Å². The van der Waals surface area contributed by atoms with Gasteiger partial charge >= 0.3 is 0 Å². The zero-order valence-electron chi connectivity index (χ0n) is 10.7. The molecule has 1 amide bonds. The number of rotatable bonds is 2. The van der Waals surface area contributed by atoms with Gasteiger partial charge in [-0.3, -0.25) is 4.79 Å². The van der Waals surface area contributed by atoms with Gasteiger partial charge in [-0.2, -0.15) is 0 Å². The molecule has 0 saturated carbocycles. The highest BCUT2D eigenvalue weighted by atomic mass is 19.1. The van der Waals surface area contributed by atoms with Crippen molar-refractivity contribution in [3.63, 3.8) is 0 Å². The molecule has 0 saturated heterocycles. The SMILES string of the molecule is Nc1ccc2oc(C(=O)Nc3ccc(F)cc3F)cc2c1. The van der Waals surface area contributed by atoms with Gasteiger partial charge in [-0.25, -0.2) is 8.78 Å². The smallest absolute Gasteiger partial charge is 0.291 e. The maximum absolute atomic E-state index is 13.5. The molecule has 0 fully saturated rings. The Bertz CT molecular complexity index is 843. The normalized spacial score (nSPS) is 10.8. The number of halogens is 2. The van der Waals surface area contributed by atoms with Crippen molar-refractivity contribution in [1.82, 2.24) is 0 Å². The number of carbonyl (C=O) groups is 1. The Morgan fingerprint density at radius 2 is 1.90 bits per heavy atom. The molecule has 3 N–H and O–H groups in total. The van der Waals surface area contributed by atoms with Crippen LogP contribution in [0.1, 0.15) is 10.6 Å². The molecule has 0 unspecified atom stereocenters. The topological polar surface area (TPSA) is 68.3 Å². The van der Waals surface area contributed by atoms with Crippen molar-refractivity contribution in [1.29, 1.82) is 0 Å². The highest BCUT2D eigenvalue weighted by Gasteiger charge is 2.14. The lowest BCUT2D eigenvalue weighted by atomic mass is 10.2. The first-order valence-corrected chi connectivity index (χ1v) is 6.08. The summed E-state index contributed by atoms with van der Waals surface area (Å²) in [6.07, 6.45) is 0. The van der Waals surface area contributed by atoms with Crippen LogP contribution in [0.15, 0.2) is 46.9 Å². The third-order valence-electron chi connectivity index (χ3n) is 2.94. The minimum Gasteiger partial charge on any atom is -0.451 e. The molecular weight excluding hydrogens is 278 g/mol. The van der Waals surface area contributed by atoms with Gasteiger partial charge in [-0.1, -0.05) is 0 Å². The Kier molecular flexibility index (Phi) is 3.06. The van der Waals surface area contributed by atoms with Gasteiger partial charge in [0.05, 0.1) is 5.69 Å². The van der Waals surface area contributed by atoms with Crippen molar-refractivity contribution >= 4 is 28.3 Å². The second kappa shape index (κ2) is 4.90. The van der Waals surface area contributed by atoms with Crippen LogP contribution in [-0.2, 0) is 0 Å². The molecule has 1 aromatic heterocycles. The van der Waals surface area contributed by atoms with Gasteiger partial charge in [0.2, 0.25) is 0 Å². The number of nitrogen functional groups attached to an aromatic ring is 1. The summed E-state index contributed by atoms with van der Waals surface area (Å²) in [5.41, 5.74) is 6.55. The average molecular weight is 288 g/mol. The second-order valence-corrected chi connectivity index (χ2v) is 4.49. The second-order valence-electron chi connectivity index (χ2n) is 4.49. The fourth-order valence-electron chi connectivity index (χ4n) is 1.95. The lowest BCUT2D eigenvalue weighted by molar-refractivity contribution is 0.0998. The first-order chi connectivity index (χ1) is 10.0. The predicted molar refractivity (Wildman–Crippen MR) is 74.9 cm³/mol. The Hall–Kier alpha value is -2.89. The summed E-state index contributed by atoms with van der Waals surface area (Å²) in [7, 11) is 0. The first kappa shape index (κ1) is 13.1. The number of hydrogen-bond acceptors (Lipinski definition) is 3. The van der Waals surface area contributed by atoms with E-state index in [1.807, 2.05) is 0 Å². The molecule has 0 bridgehead atoms. The van der Waals surface area contributed by atoms with E-state index in [9.17, 15) is 13.6 Å². The molecule has 21 heavy (non-hydrogen) atoms. The van der Waals surface area contributed by atoms with Crippen molar-refractivity contribution < 1.29 is 18.0 Å². The van der Waals surface area contributed by atoms with E-state index in [4.69, 9.17) is 10.2 Å². The minimum absolute atomic E-state index is 0.0133. The maximum Gasteiger partial charge on any atom is 0.291 e. The largest absolute Gasteiger partial charge is 0.451 e. The molecule has 1 heterocycles. The van der Waals surface area contributed by atoms with Crippen LogP contribution in [0.2, 0.25) is 0 Å². The Morgan fingerprint density at radius 1 is 1.10 bits per heavy atom. The predicted octanol–water partition coefficient (Wildman–Crippen LogP) is 3.55. The van der Waals surface area contributed by atoms with E-state index in [1.165, 1.54) is 6.07 Å². The fourth-order valence-corrected chi connectivity index (χ4v) is 1.95. The van der Waals surface area contributed by atoms with Crippen LogP contribution in [0, 0.1) is 11.6 Å². The average Bonchev–Trinajstić information content (AvgIpc) is 2.85. The molecule has 3 rings (SSSR count). The van der Waals surface area contributed by atoms with Crippen molar-refractivity contribution in [3.05, 3.63) is 59.9 Å². The first-order valence-electron chi connectivity index (χ1n) is 6.08. The molecule has 0 atom stereocenters. The zero-order valence-corrected chi connectivity index (χ0v) is 10.7. The van der Waals surface area contributed by atoms with Gasteiger partial charge in [0.15, 0.2) is 5.76 Å². The number of furan rings is 1. The van der Waals surface area contributed by atoms with E-state index in [-0.39, 0.29) is 11.4 Å². The summed E-state index contributed by atoms with van der Waals surface area (Å²) >= 11 is 0. The van der Waals surface area contributed by atoms with Crippen LogP contribution < -0.4 is 11.1 Å². The van der Waals surface area contributed by atoms with E-state index < -0.39 is 17.5 Å². The Labute approximate surface area is 118 Å². The summed E-state index contributed by atoms with van der Waals surface area (Å²) in [6.45, 7) is 0. The van der Waals surface area contributed by atoms with Crippen molar-refractivity contribution in [2.75, 3.05) is 11.1 Å². The number of hydrogen-bond donors (Lipinski definition) is 2. The van der Waals surface area contributed by atoms with E-state index in [0.29, 0.717) is 22.7 Å². The summed E-state index contributed by atoms with van der Waals surface area (Å²) in [4.78, 5) is 12.0. The van der Waals surface area contributed by atoms with Gasteiger partial charge < -0.3 is 15.5 Å². The molecule has 3 aromatic rings. The van der Waals surface area contributed by atoms with Crippen LogP contribution >= 0.6 is 0 Å². The molecule has 0 aliphatic heterocycles. The van der Waals surface area contributed by atoms with E-state index in [0.717, 1.165) is 12.1 Å². The Morgan fingerprint density at radius 3 is 2.67 bits per heavy atom. The molecule has 0 aliphatic carbocycles. The fraction of sp³-hybridized carbons (Fsp3) is 0. The van der Waals surface area contributed by atoms with Crippen LogP contribution in [0.4, 0.5) is 20.2 Å². The molecule has 106 valence electrons. The molecule has 4 nitrogen and oxygen atoms in total. The van der Waals surface area contributed by atoms with Gasteiger partial charge in [-0.05, 0) is 36.4 Å². The number of benzene rings is 2. The van der Waals surface area contributed by atoms with Crippen LogP contribution in [-0.4, -0.2) is 5.91 Å². The summed E-state index contributed by atoms with van der Waals surface area (Å²) in [6, 6.07) is 9.33. The Balaban J connectivity index is 1.89. The summed E-state index contributed by atoms with van der Waals surface area (Å²) < 4.78 is 31.6. The third-order valence-corrected chi connectivity index (χ3v) is 2.94. The van der Waals surface area contributed by atoms with Crippen LogP contribution in [0.3, 0.4) is 0 Å². The van der Waals surface area contributed by atoms with E-state index >= 15 is 0 Å². The highest BCUT2D eigenvalue weighted by Crippen LogP contribution is 2.23. The third kappa shape index (κ3) is 2.55. The molecule has 0 radical (unpaired) electrons. The molecule has 0 spiro atoms. The number of carbonyl (C=O) groups excluding carboxylic acids is 1. The van der Waals surface area contributed by atoms with Gasteiger partial charge in [0, 0.05) is 17.1 Å². The number of nitrogens with one attached hydrogen (secondary N) is 1. The molecule has 6 heteroatoms. The number of fused-ring (bicyclic) bond motifs is 1. The number of amides is 1. The quantitative estimate of drug-likeness (QED) is 0.709. The van der Waals surface area contributed by atoms with E-state index in [1.54, 1.807) is 18.2 Å². The molecular formula is C15H10F2N2O2. The summed E-state index contributed by atoms with van der Waals surface area (Å²) in [5, 5.41) is 2.99. The van der Waals surface area contributed by atoms with Crippen molar-refractivity contribution in [2.24, 2.45) is 0 Å². The number of nitrogens with two attached hydrogens (primary N) is 1. The minimum atomic E-state index is -0.858. The molecule has 0 aliphatic rings. The maximum atomic E-state index is 13.5. The van der Waals surface area contributed by atoms with Gasteiger partial charge in [0.25, 0.3) is 5.91 Å². The van der Waals surface area contributed by atoms with Crippen LogP contribution in [0.5, 0.6) is 0 Å². The van der Waals surface area contributed by atoms with E-state index in [2.05, 4.69) is 5.32 Å². The monoisotopic (exact) mass is 288 g/mol. The number of anilines is 2. The molecule has 2 aromatic carbocycles. The lowest BCUT2D eigenvalue weighted by Gasteiger charge is -2.04.